The summed E-state index contributed by atoms with van der Waals surface area (Å²) in [6.45, 7) is 8.98. The minimum absolute atomic E-state index is 0.0628. The zero-order chi connectivity index (χ0) is 13.5. The van der Waals surface area contributed by atoms with E-state index in [9.17, 15) is 4.79 Å². The van der Waals surface area contributed by atoms with Crippen molar-refractivity contribution in [2.24, 2.45) is 0 Å². The van der Waals surface area contributed by atoms with E-state index in [1.54, 1.807) is 0 Å². The molecule has 0 aliphatic heterocycles. The van der Waals surface area contributed by atoms with Crippen molar-refractivity contribution >= 4 is 17.3 Å². The molecule has 0 bridgehead atoms. The lowest BCUT2D eigenvalue weighted by Crippen LogP contribution is -2.22. The van der Waals surface area contributed by atoms with Crippen molar-refractivity contribution in [3.63, 3.8) is 0 Å². The van der Waals surface area contributed by atoms with Gasteiger partial charge in [0.1, 0.15) is 0 Å². The predicted molar refractivity (Wildman–Crippen MR) is 75.1 cm³/mol. The van der Waals surface area contributed by atoms with E-state index >= 15 is 0 Å². The van der Waals surface area contributed by atoms with Crippen LogP contribution in [0.2, 0.25) is 0 Å². The third-order valence-electron chi connectivity index (χ3n) is 2.53. The molecule has 0 spiro atoms. The molecule has 4 nitrogen and oxygen atoms in total. The van der Waals surface area contributed by atoms with E-state index < -0.39 is 0 Å². The van der Waals surface area contributed by atoms with Crippen molar-refractivity contribution in [2.75, 3.05) is 23.8 Å². The van der Waals surface area contributed by atoms with E-state index in [1.165, 1.54) is 6.92 Å². The molecule has 2 N–H and O–H groups in total. The van der Waals surface area contributed by atoms with Crippen LogP contribution in [0.3, 0.4) is 0 Å². The van der Waals surface area contributed by atoms with E-state index in [4.69, 9.17) is 4.74 Å². The van der Waals surface area contributed by atoms with Gasteiger partial charge in [-0.3, -0.25) is 4.79 Å². The SMILES string of the molecule is CCOCC(C)Nc1cc(NC(C)=O)ccc1C. The smallest absolute Gasteiger partial charge is 0.221 e. The van der Waals surface area contributed by atoms with Crippen LogP contribution in [0.1, 0.15) is 26.3 Å². The Hall–Kier alpha value is -1.55. The third-order valence-corrected chi connectivity index (χ3v) is 2.53. The van der Waals surface area contributed by atoms with Crippen molar-refractivity contribution in [1.29, 1.82) is 0 Å². The third kappa shape index (κ3) is 4.75. The summed E-state index contributed by atoms with van der Waals surface area (Å²) in [5.74, 6) is -0.0628. The maximum Gasteiger partial charge on any atom is 0.221 e. The average Bonchev–Trinajstić information content (AvgIpc) is 2.30. The molecule has 0 saturated heterocycles. The van der Waals surface area contributed by atoms with Crippen LogP contribution in [0.15, 0.2) is 18.2 Å². The number of carbonyl (C=O) groups excluding carboxylic acids is 1. The standard InChI is InChI=1S/C14H22N2O2/c1-5-18-9-11(3)15-14-8-13(16-12(4)17)7-6-10(14)2/h6-8,11,15H,5,9H2,1-4H3,(H,16,17). The van der Waals surface area contributed by atoms with Crippen molar-refractivity contribution in [3.05, 3.63) is 23.8 Å². The fraction of sp³-hybridized carbons (Fsp3) is 0.500. The zero-order valence-electron chi connectivity index (χ0n) is 11.5. The highest BCUT2D eigenvalue weighted by atomic mass is 16.5. The Morgan fingerprint density at radius 1 is 1.44 bits per heavy atom. The van der Waals surface area contributed by atoms with Crippen LogP contribution in [-0.4, -0.2) is 25.2 Å². The number of hydrogen-bond acceptors (Lipinski definition) is 3. The van der Waals surface area contributed by atoms with Gasteiger partial charge in [-0.1, -0.05) is 6.07 Å². The first-order valence-electron chi connectivity index (χ1n) is 6.25. The average molecular weight is 250 g/mol. The molecule has 0 radical (unpaired) electrons. The number of nitrogens with one attached hydrogen (secondary N) is 2. The van der Waals surface area contributed by atoms with Gasteiger partial charge in [-0.15, -0.1) is 0 Å². The summed E-state index contributed by atoms with van der Waals surface area (Å²) in [7, 11) is 0. The Morgan fingerprint density at radius 2 is 2.17 bits per heavy atom. The van der Waals surface area contributed by atoms with Gasteiger partial charge in [0.2, 0.25) is 5.91 Å². The van der Waals surface area contributed by atoms with Crippen LogP contribution in [0.25, 0.3) is 0 Å². The molecule has 1 amide bonds. The lowest BCUT2D eigenvalue weighted by atomic mass is 10.1. The number of anilines is 2. The molecular formula is C14H22N2O2. The van der Waals surface area contributed by atoms with Crippen LogP contribution in [0, 0.1) is 6.92 Å². The summed E-state index contributed by atoms with van der Waals surface area (Å²) in [5.41, 5.74) is 2.97. The summed E-state index contributed by atoms with van der Waals surface area (Å²) in [4.78, 5) is 11.0. The van der Waals surface area contributed by atoms with Gasteiger partial charge in [-0.25, -0.2) is 0 Å². The molecule has 0 fully saturated rings. The minimum Gasteiger partial charge on any atom is -0.380 e. The highest BCUT2D eigenvalue weighted by molar-refractivity contribution is 5.89. The Labute approximate surface area is 109 Å². The highest BCUT2D eigenvalue weighted by Gasteiger charge is 2.06. The summed E-state index contributed by atoms with van der Waals surface area (Å²) in [5, 5.41) is 6.16. The monoisotopic (exact) mass is 250 g/mol. The first-order valence-corrected chi connectivity index (χ1v) is 6.25. The molecule has 1 atom stereocenters. The Morgan fingerprint density at radius 3 is 2.78 bits per heavy atom. The van der Waals surface area contributed by atoms with Crippen molar-refractivity contribution < 1.29 is 9.53 Å². The molecule has 0 heterocycles. The van der Waals surface area contributed by atoms with Crippen LogP contribution in [-0.2, 0) is 9.53 Å². The lowest BCUT2D eigenvalue weighted by molar-refractivity contribution is -0.114. The van der Waals surface area contributed by atoms with Crippen molar-refractivity contribution in [1.82, 2.24) is 0 Å². The molecule has 100 valence electrons. The first-order chi connectivity index (χ1) is 8.52. The van der Waals surface area contributed by atoms with Gasteiger partial charge in [0, 0.05) is 30.9 Å². The second-order valence-corrected chi connectivity index (χ2v) is 4.42. The van der Waals surface area contributed by atoms with Crippen molar-refractivity contribution in [2.45, 2.75) is 33.7 Å². The summed E-state index contributed by atoms with van der Waals surface area (Å²) < 4.78 is 5.37. The largest absolute Gasteiger partial charge is 0.380 e. The normalized spacial score (nSPS) is 12.0. The van der Waals surface area contributed by atoms with Gasteiger partial charge in [0.25, 0.3) is 0 Å². The summed E-state index contributed by atoms with van der Waals surface area (Å²) in [6, 6.07) is 6.06. The Kier molecular flexibility index (Phi) is 5.65. The van der Waals surface area contributed by atoms with Gasteiger partial charge in [-0.05, 0) is 38.5 Å². The fourth-order valence-corrected chi connectivity index (χ4v) is 1.66. The minimum atomic E-state index is -0.0628. The van der Waals surface area contributed by atoms with E-state index in [0.717, 1.165) is 23.5 Å². The molecule has 0 aromatic heterocycles. The molecule has 1 aromatic carbocycles. The van der Waals surface area contributed by atoms with Gasteiger partial charge >= 0.3 is 0 Å². The maximum atomic E-state index is 11.0. The Balaban J connectivity index is 2.71. The number of carbonyl (C=O) groups is 1. The number of ether oxygens (including phenoxy) is 1. The van der Waals surface area contributed by atoms with Gasteiger partial charge in [0.15, 0.2) is 0 Å². The van der Waals surface area contributed by atoms with Gasteiger partial charge in [0.05, 0.1) is 6.61 Å². The topological polar surface area (TPSA) is 50.4 Å². The van der Waals surface area contributed by atoms with Gasteiger partial charge in [-0.2, -0.15) is 0 Å². The summed E-state index contributed by atoms with van der Waals surface area (Å²) in [6.07, 6.45) is 0. The second-order valence-electron chi connectivity index (χ2n) is 4.42. The number of aryl methyl sites for hydroxylation is 1. The van der Waals surface area contributed by atoms with Crippen LogP contribution in [0.5, 0.6) is 0 Å². The molecule has 4 heteroatoms. The molecule has 1 aromatic rings. The Bertz CT molecular complexity index is 405. The van der Waals surface area contributed by atoms with Crippen LogP contribution < -0.4 is 10.6 Å². The molecular weight excluding hydrogens is 228 g/mol. The van der Waals surface area contributed by atoms with E-state index in [2.05, 4.69) is 17.6 Å². The van der Waals surface area contributed by atoms with E-state index in [-0.39, 0.29) is 11.9 Å². The number of hydrogen-bond donors (Lipinski definition) is 2. The molecule has 1 rings (SSSR count). The molecule has 18 heavy (non-hydrogen) atoms. The van der Waals surface area contributed by atoms with Crippen LogP contribution >= 0.6 is 0 Å². The highest BCUT2D eigenvalue weighted by Crippen LogP contribution is 2.21. The zero-order valence-corrected chi connectivity index (χ0v) is 11.5. The van der Waals surface area contributed by atoms with Crippen molar-refractivity contribution in [3.8, 4) is 0 Å². The number of benzene rings is 1. The molecule has 0 aliphatic rings. The summed E-state index contributed by atoms with van der Waals surface area (Å²) >= 11 is 0. The fourth-order valence-electron chi connectivity index (χ4n) is 1.66. The molecule has 0 aliphatic carbocycles. The van der Waals surface area contributed by atoms with E-state index in [0.29, 0.717) is 6.61 Å². The lowest BCUT2D eigenvalue weighted by Gasteiger charge is -2.17. The number of rotatable bonds is 6. The second kappa shape index (κ2) is 7.01. The molecule has 1 unspecified atom stereocenters. The number of amides is 1. The maximum absolute atomic E-state index is 11.0. The van der Waals surface area contributed by atoms with Crippen LogP contribution in [0.4, 0.5) is 11.4 Å². The predicted octanol–water partition coefficient (Wildman–Crippen LogP) is 2.79. The first kappa shape index (κ1) is 14.5. The molecule has 0 saturated carbocycles. The quantitative estimate of drug-likeness (QED) is 0.816. The van der Waals surface area contributed by atoms with Gasteiger partial charge < -0.3 is 15.4 Å². The van der Waals surface area contributed by atoms with E-state index in [1.807, 2.05) is 32.0 Å².